The standard InChI is InChI=1S/C14H19BrN2O3S2/c1-21-11-6-14(18)16-7-9-17(10-8-16)22(19,20)13-4-2-12(15)3-5-13/h2-5H,6-11H2,1H3. The Morgan fingerprint density at radius 2 is 1.77 bits per heavy atom. The van der Waals surface area contributed by atoms with Gasteiger partial charge in [0.1, 0.15) is 0 Å². The predicted molar refractivity (Wildman–Crippen MR) is 92.5 cm³/mol. The Bertz CT molecular complexity index is 611. The van der Waals surface area contributed by atoms with Crippen LogP contribution >= 0.6 is 27.7 Å². The van der Waals surface area contributed by atoms with Crippen molar-refractivity contribution in [3.63, 3.8) is 0 Å². The Hall–Kier alpha value is -0.570. The molecule has 5 nitrogen and oxygen atoms in total. The summed E-state index contributed by atoms with van der Waals surface area (Å²) in [5.41, 5.74) is 0. The van der Waals surface area contributed by atoms with Crippen LogP contribution in [0.25, 0.3) is 0 Å². The number of thioether (sulfide) groups is 1. The molecule has 0 spiro atoms. The highest BCUT2D eigenvalue weighted by Crippen LogP contribution is 2.20. The summed E-state index contributed by atoms with van der Waals surface area (Å²) in [7, 11) is -3.47. The number of hydrogen-bond acceptors (Lipinski definition) is 4. The minimum Gasteiger partial charge on any atom is -0.340 e. The van der Waals surface area contributed by atoms with Crippen LogP contribution in [0.2, 0.25) is 0 Å². The molecule has 0 saturated carbocycles. The zero-order valence-corrected chi connectivity index (χ0v) is 15.6. The molecule has 0 aromatic heterocycles. The lowest BCUT2D eigenvalue weighted by Crippen LogP contribution is -2.50. The van der Waals surface area contributed by atoms with Crippen molar-refractivity contribution in [3.05, 3.63) is 28.7 Å². The Morgan fingerprint density at radius 1 is 1.18 bits per heavy atom. The number of hydrogen-bond donors (Lipinski definition) is 0. The molecule has 1 fully saturated rings. The third-order valence-corrected chi connectivity index (χ3v) is 6.62. The van der Waals surface area contributed by atoms with Gasteiger partial charge in [0.15, 0.2) is 0 Å². The van der Waals surface area contributed by atoms with Gasteiger partial charge in [-0.2, -0.15) is 16.1 Å². The second-order valence-corrected chi connectivity index (χ2v) is 8.82. The summed E-state index contributed by atoms with van der Waals surface area (Å²) in [6.07, 6.45) is 2.48. The number of benzene rings is 1. The molecule has 1 aliphatic rings. The fourth-order valence-electron chi connectivity index (χ4n) is 2.28. The van der Waals surface area contributed by atoms with Gasteiger partial charge in [-0.25, -0.2) is 8.42 Å². The van der Waals surface area contributed by atoms with E-state index in [9.17, 15) is 13.2 Å². The lowest BCUT2D eigenvalue weighted by atomic mass is 10.3. The molecule has 1 amide bonds. The van der Waals surface area contributed by atoms with Gasteiger partial charge < -0.3 is 4.90 Å². The predicted octanol–water partition coefficient (Wildman–Crippen LogP) is 2.04. The minimum atomic E-state index is -3.47. The third kappa shape index (κ3) is 4.24. The van der Waals surface area contributed by atoms with Gasteiger partial charge in [0.2, 0.25) is 15.9 Å². The van der Waals surface area contributed by atoms with E-state index in [1.807, 2.05) is 6.26 Å². The molecular weight excluding hydrogens is 388 g/mol. The van der Waals surface area contributed by atoms with Crippen LogP contribution in [0.15, 0.2) is 33.6 Å². The summed E-state index contributed by atoms with van der Waals surface area (Å²) >= 11 is 4.94. The van der Waals surface area contributed by atoms with E-state index in [0.29, 0.717) is 32.6 Å². The molecule has 8 heteroatoms. The molecule has 0 atom stereocenters. The van der Waals surface area contributed by atoms with Crippen LogP contribution in [0.5, 0.6) is 0 Å². The van der Waals surface area contributed by atoms with Crippen molar-refractivity contribution in [1.82, 2.24) is 9.21 Å². The first-order valence-corrected chi connectivity index (χ1v) is 10.6. The number of carbonyl (C=O) groups excluding carboxylic acids is 1. The van der Waals surface area contributed by atoms with Crippen LogP contribution in [0.3, 0.4) is 0 Å². The SMILES string of the molecule is CSCCC(=O)N1CCN(S(=O)(=O)c2ccc(Br)cc2)CC1. The van der Waals surface area contributed by atoms with Crippen LogP contribution in [-0.2, 0) is 14.8 Å². The highest BCUT2D eigenvalue weighted by molar-refractivity contribution is 9.10. The lowest BCUT2D eigenvalue weighted by Gasteiger charge is -2.34. The van der Waals surface area contributed by atoms with E-state index in [2.05, 4.69) is 15.9 Å². The molecule has 0 unspecified atom stereocenters. The molecule has 1 aromatic rings. The topological polar surface area (TPSA) is 57.7 Å². The largest absolute Gasteiger partial charge is 0.340 e. The van der Waals surface area contributed by atoms with E-state index < -0.39 is 10.0 Å². The van der Waals surface area contributed by atoms with Crippen LogP contribution in [-0.4, -0.2) is 61.7 Å². The first-order chi connectivity index (χ1) is 10.4. The van der Waals surface area contributed by atoms with E-state index in [1.54, 1.807) is 40.9 Å². The molecule has 0 aliphatic carbocycles. The van der Waals surface area contributed by atoms with Crippen LogP contribution in [0, 0.1) is 0 Å². The number of sulfonamides is 1. The zero-order chi connectivity index (χ0) is 16.2. The highest BCUT2D eigenvalue weighted by Gasteiger charge is 2.29. The van der Waals surface area contributed by atoms with Gasteiger partial charge in [0, 0.05) is 42.8 Å². The van der Waals surface area contributed by atoms with E-state index in [4.69, 9.17) is 0 Å². The number of rotatable bonds is 5. The van der Waals surface area contributed by atoms with Crippen molar-refractivity contribution in [2.24, 2.45) is 0 Å². The van der Waals surface area contributed by atoms with Crippen LogP contribution in [0.4, 0.5) is 0 Å². The number of halogens is 1. The maximum atomic E-state index is 12.6. The summed E-state index contributed by atoms with van der Waals surface area (Å²) in [4.78, 5) is 14.0. The normalized spacial score (nSPS) is 16.7. The van der Waals surface area contributed by atoms with E-state index in [0.717, 1.165) is 10.2 Å². The molecular formula is C14H19BrN2O3S2. The molecule has 1 saturated heterocycles. The van der Waals surface area contributed by atoms with Crippen molar-refractivity contribution in [3.8, 4) is 0 Å². The van der Waals surface area contributed by atoms with Crippen molar-refractivity contribution in [1.29, 1.82) is 0 Å². The van der Waals surface area contributed by atoms with Crippen molar-refractivity contribution >= 4 is 43.6 Å². The highest BCUT2D eigenvalue weighted by atomic mass is 79.9. The Morgan fingerprint density at radius 3 is 2.32 bits per heavy atom. The monoisotopic (exact) mass is 406 g/mol. The van der Waals surface area contributed by atoms with Crippen molar-refractivity contribution in [2.75, 3.05) is 38.2 Å². The van der Waals surface area contributed by atoms with Crippen molar-refractivity contribution < 1.29 is 13.2 Å². The number of amides is 1. The Balaban J connectivity index is 1.98. The van der Waals surface area contributed by atoms with Gasteiger partial charge in [0.25, 0.3) is 0 Å². The molecule has 0 bridgehead atoms. The molecule has 0 N–H and O–H groups in total. The first-order valence-electron chi connectivity index (χ1n) is 6.97. The molecule has 1 heterocycles. The van der Waals surface area contributed by atoms with Crippen LogP contribution < -0.4 is 0 Å². The van der Waals surface area contributed by atoms with Crippen molar-refractivity contribution in [2.45, 2.75) is 11.3 Å². The lowest BCUT2D eigenvalue weighted by molar-refractivity contribution is -0.131. The average Bonchev–Trinajstić information content (AvgIpc) is 2.53. The quantitative estimate of drug-likeness (QED) is 0.750. The van der Waals surface area contributed by atoms with Gasteiger partial charge in [-0.05, 0) is 30.5 Å². The van der Waals surface area contributed by atoms with Gasteiger partial charge in [-0.3, -0.25) is 4.79 Å². The average molecular weight is 407 g/mol. The van der Waals surface area contributed by atoms with E-state index >= 15 is 0 Å². The minimum absolute atomic E-state index is 0.107. The smallest absolute Gasteiger partial charge is 0.243 e. The van der Waals surface area contributed by atoms with Crippen LogP contribution in [0.1, 0.15) is 6.42 Å². The summed E-state index contributed by atoms with van der Waals surface area (Å²) < 4.78 is 27.4. The first kappa shape index (κ1) is 17.8. The molecule has 1 aliphatic heterocycles. The fourth-order valence-corrected chi connectivity index (χ4v) is 4.35. The van der Waals surface area contributed by atoms with Gasteiger partial charge >= 0.3 is 0 Å². The van der Waals surface area contributed by atoms with E-state index in [1.165, 1.54) is 4.31 Å². The van der Waals surface area contributed by atoms with E-state index in [-0.39, 0.29) is 10.8 Å². The maximum absolute atomic E-state index is 12.6. The zero-order valence-electron chi connectivity index (χ0n) is 12.4. The number of carbonyl (C=O) groups is 1. The second-order valence-electron chi connectivity index (χ2n) is 4.98. The molecule has 0 radical (unpaired) electrons. The second kappa shape index (κ2) is 7.81. The Kier molecular flexibility index (Phi) is 6.31. The molecule has 22 heavy (non-hydrogen) atoms. The van der Waals surface area contributed by atoms with Gasteiger partial charge in [-0.15, -0.1) is 0 Å². The maximum Gasteiger partial charge on any atom is 0.243 e. The molecule has 122 valence electrons. The van der Waals surface area contributed by atoms with Gasteiger partial charge in [-0.1, -0.05) is 15.9 Å². The third-order valence-electron chi connectivity index (χ3n) is 3.56. The fraction of sp³-hybridized carbons (Fsp3) is 0.500. The molecule has 2 rings (SSSR count). The number of piperazine rings is 1. The Labute approximate surface area is 144 Å². The summed E-state index contributed by atoms with van der Waals surface area (Å²) in [6, 6.07) is 6.62. The summed E-state index contributed by atoms with van der Waals surface area (Å²) in [5.74, 6) is 0.908. The van der Waals surface area contributed by atoms with Gasteiger partial charge in [0.05, 0.1) is 4.90 Å². The molecule has 1 aromatic carbocycles. The number of nitrogens with zero attached hydrogens (tertiary/aromatic N) is 2. The summed E-state index contributed by atoms with van der Waals surface area (Å²) in [6.45, 7) is 1.62. The summed E-state index contributed by atoms with van der Waals surface area (Å²) in [5, 5.41) is 0.